The maximum atomic E-state index is 4.45. The summed E-state index contributed by atoms with van der Waals surface area (Å²) in [6.45, 7) is 10.9. The molecule has 1 N–H and O–H groups in total. The number of rotatable bonds is 5. The van der Waals surface area contributed by atoms with Crippen molar-refractivity contribution >= 4 is 0 Å². The number of hydrogen-bond donors (Lipinski definition) is 1. The highest BCUT2D eigenvalue weighted by Crippen LogP contribution is 2.35. The molecule has 112 valence electrons. The molecule has 2 heterocycles. The molecule has 2 atom stereocenters. The minimum absolute atomic E-state index is 0.604. The predicted octanol–water partition coefficient (Wildman–Crippen LogP) is 1.51. The molecule has 5 heteroatoms. The fourth-order valence-corrected chi connectivity index (χ4v) is 3.36. The number of aryl methyl sites for hydroxylation is 1. The van der Waals surface area contributed by atoms with Crippen molar-refractivity contribution in [3.8, 4) is 0 Å². The lowest BCUT2D eigenvalue weighted by Gasteiger charge is -2.42. The van der Waals surface area contributed by atoms with Crippen LogP contribution in [0, 0.1) is 11.8 Å². The summed E-state index contributed by atoms with van der Waals surface area (Å²) in [5.41, 5.74) is 0. The molecule has 3 rings (SSSR count). The minimum atomic E-state index is 0.604. The molecule has 1 aromatic rings. The third-order valence-corrected chi connectivity index (χ3v) is 4.79. The SMILES string of the molecule is CCn1ncnc1CN1CC(C2CC2)NCC1C(C)C. The molecule has 1 saturated carbocycles. The number of aromatic nitrogens is 3. The topological polar surface area (TPSA) is 46.0 Å². The zero-order valence-electron chi connectivity index (χ0n) is 12.9. The molecule has 0 aromatic carbocycles. The van der Waals surface area contributed by atoms with Crippen LogP contribution >= 0.6 is 0 Å². The molecular formula is C15H27N5. The molecule has 0 radical (unpaired) electrons. The smallest absolute Gasteiger partial charge is 0.141 e. The van der Waals surface area contributed by atoms with Gasteiger partial charge in [-0.15, -0.1) is 0 Å². The van der Waals surface area contributed by atoms with E-state index in [1.165, 1.54) is 12.8 Å². The van der Waals surface area contributed by atoms with Crippen LogP contribution in [0.25, 0.3) is 0 Å². The lowest BCUT2D eigenvalue weighted by molar-refractivity contribution is 0.0813. The summed E-state index contributed by atoms with van der Waals surface area (Å²) >= 11 is 0. The fraction of sp³-hybridized carbons (Fsp3) is 0.867. The molecule has 5 nitrogen and oxygen atoms in total. The molecule has 2 aliphatic rings. The second kappa shape index (κ2) is 5.82. The van der Waals surface area contributed by atoms with E-state index in [4.69, 9.17) is 0 Å². The summed E-state index contributed by atoms with van der Waals surface area (Å²) in [7, 11) is 0. The first-order valence-electron chi connectivity index (χ1n) is 8.03. The summed E-state index contributed by atoms with van der Waals surface area (Å²) in [5.74, 6) is 2.69. The monoisotopic (exact) mass is 277 g/mol. The van der Waals surface area contributed by atoms with E-state index in [0.29, 0.717) is 18.0 Å². The molecule has 2 unspecified atom stereocenters. The van der Waals surface area contributed by atoms with Gasteiger partial charge in [0.2, 0.25) is 0 Å². The Balaban J connectivity index is 1.71. The first kappa shape index (κ1) is 14.0. The summed E-state index contributed by atoms with van der Waals surface area (Å²) in [6.07, 6.45) is 4.50. The van der Waals surface area contributed by atoms with Gasteiger partial charge in [-0.3, -0.25) is 4.90 Å². The van der Waals surface area contributed by atoms with Gasteiger partial charge in [0.05, 0.1) is 6.54 Å². The van der Waals surface area contributed by atoms with E-state index in [-0.39, 0.29) is 0 Å². The van der Waals surface area contributed by atoms with Crippen molar-refractivity contribution in [2.24, 2.45) is 11.8 Å². The van der Waals surface area contributed by atoms with Gasteiger partial charge in [-0.2, -0.15) is 5.10 Å². The Labute approximate surface area is 121 Å². The molecular weight excluding hydrogens is 250 g/mol. The van der Waals surface area contributed by atoms with Crippen molar-refractivity contribution in [1.29, 1.82) is 0 Å². The van der Waals surface area contributed by atoms with Crippen LogP contribution in [0.3, 0.4) is 0 Å². The second-order valence-corrected chi connectivity index (χ2v) is 6.59. The number of hydrogen-bond acceptors (Lipinski definition) is 4. The summed E-state index contributed by atoms with van der Waals surface area (Å²) in [4.78, 5) is 7.08. The first-order valence-corrected chi connectivity index (χ1v) is 8.03. The molecule has 2 fully saturated rings. The minimum Gasteiger partial charge on any atom is -0.311 e. The summed E-state index contributed by atoms with van der Waals surface area (Å²) < 4.78 is 2.02. The Morgan fingerprint density at radius 1 is 1.40 bits per heavy atom. The van der Waals surface area contributed by atoms with Crippen LogP contribution in [-0.4, -0.2) is 44.8 Å². The normalized spacial score (nSPS) is 28.2. The third kappa shape index (κ3) is 2.88. The highest BCUT2D eigenvalue weighted by molar-refractivity contribution is 4.97. The van der Waals surface area contributed by atoms with Crippen molar-refractivity contribution < 1.29 is 0 Å². The molecule has 0 bridgehead atoms. The molecule has 1 aromatic heterocycles. The van der Waals surface area contributed by atoms with Crippen molar-refractivity contribution in [2.45, 2.75) is 58.8 Å². The van der Waals surface area contributed by atoms with Gasteiger partial charge in [-0.05, 0) is 31.6 Å². The Hall–Kier alpha value is -0.940. The lowest BCUT2D eigenvalue weighted by atomic mass is 9.97. The molecule has 1 saturated heterocycles. The van der Waals surface area contributed by atoms with Crippen LogP contribution in [0.15, 0.2) is 6.33 Å². The quantitative estimate of drug-likeness (QED) is 0.886. The van der Waals surface area contributed by atoms with Gasteiger partial charge in [0.1, 0.15) is 12.2 Å². The van der Waals surface area contributed by atoms with Crippen molar-refractivity contribution in [3.05, 3.63) is 12.2 Å². The Kier molecular flexibility index (Phi) is 4.08. The molecule has 20 heavy (non-hydrogen) atoms. The number of nitrogens with one attached hydrogen (secondary N) is 1. The molecule has 1 aliphatic heterocycles. The standard InChI is InChI=1S/C15H27N5/c1-4-20-15(17-10-18-20)9-19-8-13(12-5-6-12)16-7-14(19)11(2)3/h10-14,16H,4-9H2,1-3H3. The van der Waals surface area contributed by atoms with Gasteiger partial charge in [0, 0.05) is 31.7 Å². The van der Waals surface area contributed by atoms with E-state index < -0.39 is 0 Å². The van der Waals surface area contributed by atoms with Crippen molar-refractivity contribution in [2.75, 3.05) is 13.1 Å². The summed E-state index contributed by atoms with van der Waals surface area (Å²) in [5, 5.41) is 8.07. The Morgan fingerprint density at radius 2 is 2.20 bits per heavy atom. The van der Waals surface area contributed by atoms with Crippen LogP contribution in [0.5, 0.6) is 0 Å². The van der Waals surface area contributed by atoms with E-state index >= 15 is 0 Å². The number of nitrogens with zero attached hydrogens (tertiary/aromatic N) is 4. The van der Waals surface area contributed by atoms with Crippen LogP contribution in [-0.2, 0) is 13.1 Å². The number of piperazine rings is 1. The second-order valence-electron chi connectivity index (χ2n) is 6.59. The van der Waals surface area contributed by atoms with Gasteiger partial charge in [-0.1, -0.05) is 13.8 Å². The maximum absolute atomic E-state index is 4.45. The molecule has 1 aliphatic carbocycles. The molecule has 0 spiro atoms. The van der Waals surface area contributed by atoms with E-state index in [1.54, 1.807) is 6.33 Å². The van der Waals surface area contributed by atoms with Crippen LogP contribution in [0.4, 0.5) is 0 Å². The van der Waals surface area contributed by atoms with Gasteiger partial charge in [0.25, 0.3) is 0 Å². The van der Waals surface area contributed by atoms with E-state index in [2.05, 4.69) is 41.1 Å². The van der Waals surface area contributed by atoms with Crippen molar-refractivity contribution in [3.63, 3.8) is 0 Å². The van der Waals surface area contributed by atoms with Gasteiger partial charge in [-0.25, -0.2) is 9.67 Å². The van der Waals surface area contributed by atoms with Gasteiger partial charge in [0.15, 0.2) is 0 Å². The van der Waals surface area contributed by atoms with Crippen LogP contribution < -0.4 is 5.32 Å². The van der Waals surface area contributed by atoms with E-state index in [1.807, 2.05) is 4.68 Å². The Morgan fingerprint density at radius 3 is 2.85 bits per heavy atom. The third-order valence-electron chi connectivity index (χ3n) is 4.79. The van der Waals surface area contributed by atoms with E-state index in [9.17, 15) is 0 Å². The highest BCUT2D eigenvalue weighted by atomic mass is 15.4. The van der Waals surface area contributed by atoms with Gasteiger partial charge >= 0.3 is 0 Å². The Bertz CT molecular complexity index is 437. The van der Waals surface area contributed by atoms with E-state index in [0.717, 1.165) is 37.9 Å². The predicted molar refractivity (Wildman–Crippen MR) is 79.2 cm³/mol. The zero-order chi connectivity index (χ0) is 14.1. The average molecular weight is 277 g/mol. The fourth-order valence-electron chi connectivity index (χ4n) is 3.36. The zero-order valence-corrected chi connectivity index (χ0v) is 12.9. The maximum Gasteiger partial charge on any atom is 0.141 e. The van der Waals surface area contributed by atoms with Crippen molar-refractivity contribution in [1.82, 2.24) is 25.0 Å². The van der Waals surface area contributed by atoms with Crippen LogP contribution in [0.2, 0.25) is 0 Å². The summed E-state index contributed by atoms with van der Waals surface area (Å²) in [6, 6.07) is 1.29. The van der Waals surface area contributed by atoms with Gasteiger partial charge < -0.3 is 5.32 Å². The average Bonchev–Trinajstić information content (AvgIpc) is 3.19. The first-order chi connectivity index (χ1) is 9.69. The molecule has 0 amide bonds. The van der Waals surface area contributed by atoms with Crippen LogP contribution in [0.1, 0.15) is 39.4 Å². The highest BCUT2D eigenvalue weighted by Gasteiger charge is 2.38. The largest absolute Gasteiger partial charge is 0.311 e. The lowest BCUT2D eigenvalue weighted by Crippen LogP contribution is -2.58.